The zero-order chi connectivity index (χ0) is 15.6. The van der Waals surface area contributed by atoms with Gasteiger partial charge in [0.05, 0.1) is 6.54 Å². The molecule has 1 aromatic carbocycles. The molecule has 0 aliphatic carbocycles. The van der Waals surface area contributed by atoms with Crippen molar-refractivity contribution < 1.29 is 8.78 Å². The predicted molar refractivity (Wildman–Crippen MR) is 87.8 cm³/mol. The lowest BCUT2D eigenvalue weighted by molar-refractivity contribution is 0.571. The fraction of sp³-hybridized carbons (Fsp3) is 0.333. The topological polar surface area (TPSA) is 29.3 Å². The summed E-state index contributed by atoms with van der Waals surface area (Å²) in [5.74, 6) is -1.10. The minimum atomic E-state index is -0.552. The Morgan fingerprint density at radius 3 is 2.38 bits per heavy atom. The van der Waals surface area contributed by atoms with Crippen LogP contribution >= 0.6 is 27.3 Å². The number of rotatable bonds is 5. The molecule has 1 aromatic heterocycles. The Hall–Kier alpha value is -0.980. The molecule has 0 aliphatic rings. The van der Waals surface area contributed by atoms with Gasteiger partial charge in [-0.3, -0.25) is 0 Å². The molecule has 6 heteroatoms. The molecule has 21 heavy (non-hydrogen) atoms. The zero-order valence-electron chi connectivity index (χ0n) is 11.9. The standard InChI is InChI=1S/C15H17BrF2N2S/c1-9(19)3-10-4-13(17)15(14(18)5-10)20(2)7-12-6-11(16)8-21-12/h4-6,8-9H,3,7,19H2,1-2H3. The van der Waals surface area contributed by atoms with Gasteiger partial charge in [0.15, 0.2) is 0 Å². The number of thiophene rings is 1. The van der Waals surface area contributed by atoms with Crippen molar-refractivity contribution in [2.75, 3.05) is 11.9 Å². The van der Waals surface area contributed by atoms with E-state index in [4.69, 9.17) is 5.73 Å². The highest BCUT2D eigenvalue weighted by Gasteiger charge is 2.16. The first kappa shape index (κ1) is 16.4. The van der Waals surface area contributed by atoms with E-state index in [0.717, 1.165) is 9.35 Å². The van der Waals surface area contributed by atoms with Crippen LogP contribution < -0.4 is 10.6 Å². The van der Waals surface area contributed by atoms with E-state index in [1.807, 2.05) is 18.4 Å². The maximum absolute atomic E-state index is 14.2. The Morgan fingerprint density at radius 2 is 1.90 bits per heavy atom. The van der Waals surface area contributed by atoms with E-state index < -0.39 is 11.6 Å². The molecule has 0 aliphatic heterocycles. The van der Waals surface area contributed by atoms with Gasteiger partial charge in [-0.1, -0.05) is 0 Å². The van der Waals surface area contributed by atoms with Crippen molar-refractivity contribution in [1.82, 2.24) is 0 Å². The molecule has 114 valence electrons. The summed E-state index contributed by atoms with van der Waals surface area (Å²) < 4.78 is 29.4. The van der Waals surface area contributed by atoms with Gasteiger partial charge < -0.3 is 10.6 Å². The molecule has 0 spiro atoms. The van der Waals surface area contributed by atoms with Crippen molar-refractivity contribution in [2.45, 2.75) is 25.9 Å². The van der Waals surface area contributed by atoms with E-state index in [2.05, 4.69) is 15.9 Å². The summed E-state index contributed by atoms with van der Waals surface area (Å²) in [4.78, 5) is 2.61. The highest BCUT2D eigenvalue weighted by Crippen LogP contribution is 2.28. The van der Waals surface area contributed by atoms with Crippen molar-refractivity contribution in [3.05, 3.63) is 50.1 Å². The largest absolute Gasteiger partial charge is 0.365 e. The van der Waals surface area contributed by atoms with E-state index in [-0.39, 0.29) is 11.7 Å². The maximum atomic E-state index is 14.2. The van der Waals surface area contributed by atoms with Crippen LogP contribution in [0.5, 0.6) is 0 Å². The van der Waals surface area contributed by atoms with E-state index in [9.17, 15) is 8.78 Å². The summed E-state index contributed by atoms with van der Waals surface area (Å²) in [6, 6.07) is 4.54. The summed E-state index contributed by atoms with van der Waals surface area (Å²) in [6.07, 6.45) is 0.454. The summed E-state index contributed by atoms with van der Waals surface area (Å²) in [6.45, 7) is 2.27. The van der Waals surface area contributed by atoms with Crippen LogP contribution in [-0.4, -0.2) is 13.1 Å². The van der Waals surface area contributed by atoms with Crippen LogP contribution in [-0.2, 0) is 13.0 Å². The minimum absolute atomic E-state index is 0.00653. The van der Waals surface area contributed by atoms with Gasteiger partial charge in [0.2, 0.25) is 0 Å². The number of nitrogens with two attached hydrogens (primary N) is 1. The molecule has 0 saturated carbocycles. The van der Waals surface area contributed by atoms with Crippen molar-refractivity contribution in [3.63, 3.8) is 0 Å². The zero-order valence-corrected chi connectivity index (χ0v) is 14.3. The Balaban J connectivity index is 2.22. The molecule has 0 bridgehead atoms. The number of anilines is 1. The van der Waals surface area contributed by atoms with Gasteiger partial charge >= 0.3 is 0 Å². The lowest BCUT2D eigenvalue weighted by Gasteiger charge is -2.20. The molecule has 0 fully saturated rings. The fourth-order valence-corrected chi connectivity index (χ4v) is 3.73. The average molecular weight is 375 g/mol. The quantitative estimate of drug-likeness (QED) is 0.844. The molecule has 2 aromatic rings. The SMILES string of the molecule is CC(N)Cc1cc(F)c(N(C)Cc2cc(Br)cs2)c(F)c1. The number of nitrogens with zero attached hydrogens (tertiary/aromatic N) is 1. The second-order valence-electron chi connectivity index (χ2n) is 5.18. The minimum Gasteiger partial charge on any atom is -0.365 e. The van der Waals surface area contributed by atoms with Gasteiger partial charge in [0.25, 0.3) is 0 Å². The third-order valence-corrected chi connectivity index (χ3v) is 4.71. The molecule has 1 heterocycles. The number of hydrogen-bond donors (Lipinski definition) is 1. The van der Waals surface area contributed by atoms with Crippen molar-refractivity contribution >= 4 is 33.0 Å². The van der Waals surface area contributed by atoms with Gasteiger partial charge in [-0.15, -0.1) is 11.3 Å². The van der Waals surface area contributed by atoms with Crippen LogP contribution in [0, 0.1) is 11.6 Å². The van der Waals surface area contributed by atoms with Crippen LogP contribution in [0.25, 0.3) is 0 Å². The molecule has 1 atom stereocenters. The number of benzene rings is 1. The molecule has 0 radical (unpaired) electrons. The second-order valence-corrected chi connectivity index (χ2v) is 7.09. The van der Waals surface area contributed by atoms with E-state index in [1.165, 1.54) is 12.1 Å². The monoisotopic (exact) mass is 374 g/mol. The summed E-state index contributed by atoms with van der Waals surface area (Å²) in [5.41, 5.74) is 6.24. The Labute approximate surface area is 135 Å². The lowest BCUT2D eigenvalue weighted by atomic mass is 10.1. The normalized spacial score (nSPS) is 12.5. The van der Waals surface area contributed by atoms with Crippen LogP contribution in [0.15, 0.2) is 28.1 Å². The molecule has 2 N–H and O–H groups in total. The Bertz CT molecular complexity index is 605. The molecular formula is C15H17BrF2N2S. The summed E-state index contributed by atoms with van der Waals surface area (Å²) in [7, 11) is 1.68. The molecule has 1 unspecified atom stereocenters. The highest BCUT2D eigenvalue weighted by molar-refractivity contribution is 9.10. The molecule has 2 rings (SSSR count). The number of hydrogen-bond acceptors (Lipinski definition) is 3. The molecule has 0 saturated heterocycles. The highest BCUT2D eigenvalue weighted by atomic mass is 79.9. The van der Waals surface area contributed by atoms with E-state index >= 15 is 0 Å². The Morgan fingerprint density at radius 1 is 1.29 bits per heavy atom. The van der Waals surface area contributed by atoms with Crippen molar-refractivity contribution in [3.8, 4) is 0 Å². The first-order valence-corrected chi connectivity index (χ1v) is 8.21. The van der Waals surface area contributed by atoms with E-state index in [1.54, 1.807) is 23.3 Å². The average Bonchev–Trinajstić information content (AvgIpc) is 2.72. The smallest absolute Gasteiger partial charge is 0.149 e. The van der Waals surface area contributed by atoms with Gasteiger partial charge in [0, 0.05) is 27.8 Å². The van der Waals surface area contributed by atoms with Crippen LogP contribution in [0.3, 0.4) is 0 Å². The molecule has 0 amide bonds. The van der Waals surface area contributed by atoms with Crippen molar-refractivity contribution in [1.29, 1.82) is 0 Å². The summed E-state index contributed by atoms with van der Waals surface area (Å²) in [5, 5.41) is 1.95. The van der Waals surface area contributed by atoms with Crippen LogP contribution in [0.2, 0.25) is 0 Å². The first-order chi connectivity index (χ1) is 9.86. The van der Waals surface area contributed by atoms with Gasteiger partial charge in [-0.25, -0.2) is 8.78 Å². The van der Waals surface area contributed by atoms with Crippen LogP contribution in [0.1, 0.15) is 17.4 Å². The molecular weight excluding hydrogens is 358 g/mol. The van der Waals surface area contributed by atoms with Crippen molar-refractivity contribution in [2.24, 2.45) is 5.73 Å². The van der Waals surface area contributed by atoms with Gasteiger partial charge in [-0.05, 0) is 53.0 Å². The van der Waals surface area contributed by atoms with Gasteiger partial charge in [-0.2, -0.15) is 0 Å². The molecule has 2 nitrogen and oxygen atoms in total. The second kappa shape index (κ2) is 6.85. The Kier molecular flexibility index (Phi) is 5.35. The third kappa shape index (κ3) is 4.25. The van der Waals surface area contributed by atoms with E-state index in [0.29, 0.717) is 18.5 Å². The lowest BCUT2D eigenvalue weighted by Crippen LogP contribution is -2.20. The predicted octanol–water partition coefficient (Wildman–Crippen LogP) is 4.31. The van der Waals surface area contributed by atoms with Crippen LogP contribution in [0.4, 0.5) is 14.5 Å². The third-order valence-electron chi connectivity index (χ3n) is 3.03. The first-order valence-electron chi connectivity index (χ1n) is 6.54. The fourth-order valence-electron chi connectivity index (χ4n) is 2.22. The number of halogens is 3. The maximum Gasteiger partial charge on any atom is 0.149 e. The summed E-state index contributed by atoms with van der Waals surface area (Å²) >= 11 is 4.92. The van der Waals surface area contributed by atoms with Gasteiger partial charge in [0.1, 0.15) is 17.3 Å².